The maximum Gasteiger partial charge on any atom is 0.311 e. The van der Waals surface area contributed by atoms with Crippen LogP contribution in [0.2, 0.25) is 0 Å². The third-order valence-corrected chi connectivity index (χ3v) is 8.86. The van der Waals surface area contributed by atoms with Crippen molar-refractivity contribution in [2.24, 2.45) is 17.8 Å². The van der Waals surface area contributed by atoms with Crippen molar-refractivity contribution in [3.05, 3.63) is 11.6 Å². The number of allylic oxidation sites excluding steroid dienone is 1. The lowest BCUT2D eigenvalue weighted by Crippen LogP contribution is -2.59. The van der Waals surface area contributed by atoms with Gasteiger partial charge in [0.15, 0.2) is 12.1 Å². The van der Waals surface area contributed by atoms with Crippen LogP contribution in [0, 0.1) is 17.8 Å². The molecule has 0 spiro atoms. The summed E-state index contributed by atoms with van der Waals surface area (Å²) in [4.78, 5) is 28.6. The van der Waals surface area contributed by atoms with E-state index < -0.39 is 65.6 Å². The minimum atomic E-state index is -1.59. The average Bonchev–Trinajstić information content (AvgIpc) is 2.88. The normalized spacial score (nSPS) is 45.9. The van der Waals surface area contributed by atoms with Crippen LogP contribution in [0.15, 0.2) is 11.6 Å². The zero-order valence-electron chi connectivity index (χ0n) is 26.2. The number of aliphatic hydroxyl groups excluding tert-OH is 2. The van der Waals surface area contributed by atoms with Gasteiger partial charge < -0.3 is 39.2 Å². The molecule has 1 fully saturated rings. The van der Waals surface area contributed by atoms with Gasteiger partial charge >= 0.3 is 5.97 Å². The van der Waals surface area contributed by atoms with Crippen molar-refractivity contribution in [3.8, 4) is 0 Å². The van der Waals surface area contributed by atoms with Gasteiger partial charge in [0.25, 0.3) is 0 Å². The highest BCUT2D eigenvalue weighted by molar-refractivity contribution is 5.96. The second-order valence-corrected chi connectivity index (χ2v) is 12.6. The number of nitrogens with zero attached hydrogens (tertiary/aromatic N) is 1. The Kier molecular flexibility index (Phi) is 11.9. The molecular weight excluding hydrogens is 518 g/mol. The number of ether oxygens (including phenoxy) is 4. The second-order valence-electron chi connectivity index (χ2n) is 12.6. The molecule has 0 aromatic carbocycles. The maximum absolute atomic E-state index is 13.5. The van der Waals surface area contributed by atoms with Crippen molar-refractivity contribution >= 4 is 11.8 Å². The van der Waals surface area contributed by atoms with Crippen molar-refractivity contribution < 1.29 is 43.9 Å². The fraction of sp³-hybridized carbons (Fsp3) is 0.867. The van der Waals surface area contributed by atoms with Crippen LogP contribution in [-0.4, -0.2) is 107 Å². The number of likely N-dealkylation sites (N-methyl/N-ethyl adjacent to an activating group) is 1. The van der Waals surface area contributed by atoms with Gasteiger partial charge in [-0.15, -0.1) is 0 Å². The van der Waals surface area contributed by atoms with E-state index in [1.807, 2.05) is 25.9 Å². The van der Waals surface area contributed by atoms with Crippen LogP contribution < -0.4 is 0 Å². The van der Waals surface area contributed by atoms with E-state index in [1.165, 1.54) is 20.1 Å². The first-order valence-corrected chi connectivity index (χ1v) is 14.4. The maximum atomic E-state index is 13.5. The molecule has 0 bridgehead atoms. The highest BCUT2D eigenvalue weighted by Gasteiger charge is 2.49. The first-order chi connectivity index (χ1) is 18.4. The summed E-state index contributed by atoms with van der Waals surface area (Å²) >= 11 is 0. The third kappa shape index (κ3) is 7.70. The number of cyclic esters (lactones) is 1. The molecule has 0 aliphatic carbocycles. The highest BCUT2D eigenvalue weighted by atomic mass is 16.7. The zero-order chi connectivity index (χ0) is 30.7. The van der Waals surface area contributed by atoms with E-state index in [9.17, 15) is 24.9 Å². The Bertz CT molecular complexity index is 906. The van der Waals surface area contributed by atoms with E-state index in [0.29, 0.717) is 18.4 Å². The second kappa shape index (κ2) is 13.7. The minimum absolute atomic E-state index is 0.197. The Morgan fingerprint density at radius 1 is 1.10 bits per heavy atom. The Labute approximate surface area is 240 Å². The van der Waals surface area contributed by atoms with Gasteiger partial charge in [-0.3, -0.25) is 9.59 Å². The van der Waals surface area contributed by atoms with Crippen LogP contribution in [0.25, 0.3) is 0 Å². The molecule has 0 aromatic heterocycles. The van der Waals surface area contributed by atoms with Gasteiger partial charge in [0.1, 0.15) is 17.8 Å². The number of esters is 1. The van der Waals surface area contributed by atoms with Crippen molar-refractivity contribution in [2.45, 2.75) is 129 Å². The van der Waals surface area contributed by atoms with Gasteiger partial charge in [-0.1, -0.05) is 20.8 Å². The number of rotatable bonds is 5. The van der Waals surface area contributed by atoms with Gasteiger partial charge in [0.2, 0.25) is 0 Å². The SMILES string of the molecule is CC[C@H]1OC(=O)[C@H](C)[C@@H](O)[C@H](C)[C@@H](OC2O[C@H](C)C[C@H](N(C)C)[C@H]2O)[C@](C)(OC)C[C@@H](C)C(=O)/C(C)=C\[C@]1(C)O. The van der Waals surface area contributed by atoms with Crippen LogP contribution in [0.1, 0.15) is 74.7 Å². The highest BCUT2D eigenvalue weighted by Crippen LogP contribution is 2.38. The number of hydrogen-bond donors (Lipinski definition) is 3. The molecule has 0 amide bonds. The molecule has 10 heteroatoms. The molecule has 10 nitrogen and oxygen atoms in total. The summed E-state index contributed by atoms with van der Waals surface area (Å²) in [6.07, 6.45) is -2.68. The predicted octanol–water partition coefficient (Wildman–Crippen LogP) is 2.46. The summed E-state index contributed by atoms with van der Waals surface area (Å²) in [6, 6.07) is -0.220. The molecule has 2 rings (SSSR count). The molecule has 0 saturated carbocycles. The number of hydrogen-bond acceptors (Lipinski definition) is 10. The molecule has 232 valence electrons. The van der Waals surface area contributed by atoms with E-state index in [2.05, 4.69) is 0 Å². The summed E-state index contributed by atoms with van der Waals surface area (Å²) in [5.41, 5.74) is -2.38. The fourth-order valence-corrected chi connectivity index (χ4v) is 6.27. The lowest BCUT2D eigenvalue weighted by Gasteiger charge is -2.47. The number of ketones is 1. The Morgan fingerprint density at radius 3 is 2.23 bits per heavy atom. The van der Waals surface area contributed by atoms with Gasteiger partial charge in [0, 0.05) is 25.0 Å². The number of methoxy groups -OCH3 is 1. The zero-order valence-corrected chi connectivity index (χ0v) is 26.2. The molecule has 2 heterocycles. The lowest BCUT2D eigenvalue weighted by atomic mass is 9.76. The first kappa shape index (κ1) is 34.8. The summed E-state index contributed by atoms with van der Waals surface area (Å²) in [5, 5.41) is 33.8. The summed E-state index contributed by atoms with van der Waals surface area (Å²) in [5.74, 6) is -3.09. The molecular formula is C30H53NO9. The number of carbonyl (C=O) groups is 2. The van der Waals surface area contributed by atoms with Gasteiger partial charge in [-0.05, 0) is 79.6 Å². The molecule has 2 aliphatic heterocycles. The van der Waals surface area contributed by atoms with Crippen LogP contribution in [0.5, 0.6) is 0 Å². The van der Waals surface area contributed by atoms with E-state index in [1.54, 1.807) is 41.5 Å². The Morgan fingerprint density at radius 2 is 1.70 bits per heavy atom. The van der Waals surface area contributed by atoms with Gasteiger partial charge in [-0.25, -0.2) is 0 Å². The quantitative estimate of drug-likeness (QED) is 0.422. The molecule has 0 aromatic rings. The standard InChI is InChI=1S/C30H53NO9/c1-12-22-29(7,36)14-16(2)23(32)17(3)15-30(8,37-11)26(19(5)24(33)20(6)27(35)39-22)40-28-25(34)21(31(9)10)13-18(4)38-28/h14,17-22,24-26,28,33-34,36H,12-13,15H2,1-11H3/b16-14-/t17-,18-,19+,20-,21+,22-,24+,25-,26-,28?,29+,30-/m1/s1. The third-order valence-electron chi connectivity index (χ3n) is 8.86. The van der Waals surface area contributed by atoms with Crippen LogP contribution in [0.4, 0.5) is 0 Å². The van der Waals surface area contributed by atoms with E-state index >= 15 is 0 Å². The number of aliphatic hydroxyl groups is 3. The van der Waals surface area contributed by atoms with Crippen molar-refractivity contribution in [3.63, 3.8) is 0 Å². The van der Waals surface area contributed by atoms with Crippen LogP contribution in [0.3, 0.4) is 0 Å². The summed E-state index contributed by atoms with van der Waals surface area (Å²) in [6.45, 7) is 13.7. The van der Waals surface area contributed by atoms with Gasteiger partial charge in [0.05, 0.1) is 29.8 Å². The van der Waals surface area contributed by atoms with Crippen molar-refractivity contribution in [1.82, 2.24) is 4.90 Å². The van der Waals surface area contributed by atoms with Crippen molar-refractivity contribution in [2.75, 3.05) is 21.2 Å². The molecule has 1 saturated heterocycles. The molecule has 40 heavy (non-hydrogen) atoms. The van der Waals surface area contributed by atoms with Crippen LogP contribution in [-0.2, 0) is 28.5 Å². The fourth-order valence-electron chi connectivity index (χ4n) is 6.27. The molecule has 2 aliphatic rings. The largest absolute Gasteiger partial charge is 0.459 e. The smallest absolute Gasteiger partial charge is 0.311 e. The van der Waals surface area contributed by atoms with E-state index in [4.69, 9.17) is 18.9 Å². The summed E-state index contributed by atoms with van der Waals surface area (Å²) < 4.78 is 24.3. The van der Waals surface area contributed by atoms with E-state index in [0.717, 1.165) is 0 Å². The lowest BCUT2D eigenvalue weighted by molar-refractivity contribution is -0.301. The Hall–Kier alpha value is -1.40. The number of carbonyl (C=O) groups excluding carboxylic acids is 2. The Balaban J connectivity index is 2.61. The van der Waals surface area contributed by atoms with Gasteiger partial charge in [-0.2, -0.15) is 0 Å². The van der Waals surface area contributed by atoms with Crippen LogP contribution >= 0.6 is 0 Å². The average molecular weight is 572 g/mol. The topological polar surface area (TPSA) is 135 Å². The van der Waals surface area contributed by atoms with E-state index in [-0.39, 0.29) is 24.3 Å². The molecule has 12 atom stereocenters. The molecule has 0 radical (unpaired) electrons. The molecule has 3 N–H and O–H groups in total. The molecule has 1 unspecified atom stereocenters. The van der Waals surface area contributed by atoms with Crippen molar-refractivity contribution in [1.29, 1.82) is 0 Å². The number of Topliss-reactive ketones (excluding diaryl/α,β-unsaturated/α-hetero) is 1. The minimum Gasteiger partial charge on any atom is -0.459 e. The predicted molar refractivity (Wildman–Crippen MR) is 150 cm³/mol. The summed E-state index contributed by atoms with van der Waals surface area (Å²) in [7, 11) is 5.28. The first-order valence-electron chi connectivity index (χ1n) is 14.4. The monoisotopic (exact) mass is 571 g/mol.